The Balaban J connectivity index is 1.98. The van der Waals surface area contributed by atoms with Crippen molar-refractivity contribution < 1.29 is 13.2 Å². The number of benzene rings is 2. The van der Waals surface area contributed by atoms with Crippen LogP contribution in [0.25, 0.3) is 11.0 Å². The molecule has 1 heterocycles. The molecule has 1 unspecified atom stereocenters. The standard InChI is InChI=1S/C16H15F3N4/c1-2-15(23-14-10-6-5-9-13(14)21-22-23)20-12-8-4-3-7-11(12)16(17,18)19/h3-10,15,20H,2H2,1H3. The van der Waals surface area contributed by atoms with Crippen LogP contribution in [-0.2, 0) is 6.18 Å². The first-order chi connectivity index (χ1) is 11.0. The second-order valence-electron chi connectivity index (χ2n) is 5.13. The maximum absolute atomic E-state index is 13.1. The summed E-state index contributed by atoms with van der Waals surface area (Å²) in [4.78, 5) is 0. The van der Waals surface area contributed by atoms with Crippen LogP contribution in [0.2, 0.25) is 0 Å². The molecule has 3 aromatic rings. The van der Waals surface area contributed by atoms with Crippen molar-refractivity contribution in [2.24, 2.45) is 0 Å². The highest BCUT2D eigenvalue weighted by Crippen LogP contribution is 2.35. The number of para-hydroxylation sites is 2. The molecule has 2 aromatic carbocycles. The Labute approximate surface area is 130 Å². The normalized spacial score (nSPS) is 13.2. The maximum atomic E-state index is 13.1. The molecule has 1 N–H and O–H groups in total. The predicted octanol–water partition coefficient (Wildman–Crippen LogP) is 4.47. The molecule has 1 aromatic heterocycles. The number of aromatic nitrogens is 3. The zero-order chi connectivity index (χ0) is 16.4. The molecule has 7 heteroatoms. The van der Waals surface area contributed by atoms with E-state index >= 15 is 0 Å². The first kappa shape index (κ1) is 15.3. The molecule has 0 saturated carbocycles. The van der Waals surface area contributed by atoms with Crippen molar-refractivity contribution in [2.45, 2.75) is 25.7 Å². The summed E-state index contributed by atoms with van der Waals surface area (Å²) < 4.78 is 41.0. The summed E-state index contributed by atoms with van der Waals surface area (Å²) in [7, 11) is 0. The van der Waals surface area contributed by atoms with Crippen LogP contribution in [0.4, 0.5) is 18.9 Å². The fourth-order valence-corrected chi connectivity index (χ4v) is 2.49. The van der Waals surface area contributed by atoms with E-state index in [1.54, 1.807) is 10.7 Å². The van der Waals surface area contributed by atoms with Gasteiger partial charge in [0.15, 0.2) is 0 Å². The van der Waals surface area contributed by atoms with Crippen molar-refractivity contribution in [1.82, 2.24) is 15.0 Å². The van der Waals surface area contributed by atoms with E-state index in [-0.39, 0.29) is 5.69 Å². The third-order valence-electron chi connectivity index (χ3n) is 3.61. The predicted molar refractivity (Wildman–Crippen MR) is 81.9 cm³/mol. The van der Waals surface area contributed by atoms with Crippen LogP contribution < -0.4 is 5.32 Å². The average molecular weight is 320 g/mol. The van der Waals surface area contributed by atoms with Gasteiger partial charge in [-0.25, -0.2) is 4.68 Å². The molecule has 0 aliphatic rings. The lowest BCUT2D eigenvalue weighted by atomic mass is 10.1. The number of fused-ring (bicyclic) bond motifs is 1. The molecule has 0 saturated heterocycles. The molecule has 0 aliphatic carbocycles. The fourth-order valence-electron chi connectivity index (χ4n) is 2.49. The van der Waals surface area contributed by atoms with Crippen molar-refractivity contribution in [2.75, 3.05) is 5.32 Å². The maximum Gasteiger partial charge on any atom is 0.418 e. The number of hydrogen-bond acceptors (Lipinski definition) is 3. The van der Waals surface area contributed by atoms with Crippen molar-refractivity contribution in [3.05, 3.63) is 54.1 Å². The van der Waals surface area contributed by atoms with Crippen molar-refractivity contribution in [1.29, 1.82) is 0 Å². The summed E-state index contributed by atoms with van der Waals surface area (Å²) in [5.74, 6) is 0. The van der Waals surface area contributed by atoms with E-state index in [4.69, 9.17) is 0 Å². The Hall–Kier alpha value is -2.57. The highest BCUT2D eigenvalue weighted by atomic mass is 19.4. The quantitative estimate of drug-likeness (QED) is 0.771. The van der Waals surface area contributed by atoms with Crippen LogP contribution >= 0.6 is 0 Å². The van der Waals surface area contributed by atoms with Gasteiger partial charge >= 0.3 is 6.18 Å². The van der Waals surface area contributed by atoms with Crippen LogP contribution in [0, 0.1) is 0 Å². The van der Waals surface area contributed by atoms with Gasteiger partial charge < -0.3 is 5.32 Å². The zero-order valence-corrected chi connectivity index (χ0v) is 12.4. The molecular formula is C16H15F3N4. The van der Waals surface area contributed by atoms with Gasteiger partial charge in [0.25, 0.3) is 0 Å². The Morgan fingerprint density at radius 1 is 1.09 bits per heavy atom. The van der Waals surface area contributed by atoms with Crippen molar-refractivity contribution >= 4 is 16.7 Å². The van der Waals surface area contributed by atoms with Gasteiger partial charge in [-0.15, -0.1) is 5.10 Å². The van der Waals surface area contributed by atoms with Gasteiger partial charge in [-0.05, 0) is 30.7 Å². The van der Waals surface area contributed by atoms with E-state index in [2.05, 4.69) is 15.6 Å². The number of hydrogen-bond donors (Lipinski definition) is 1. The number of halogens is 3. The van der Waals surface area contributed by atoms with E-state index in [0.29, 0.717) is 11.9 Å². The summed E-state index contributed by atoms with van der Waals surface area (Å²) in [6, 6.07) is 12.8. The Morgan fingerprint density at radius 2 is 1.78 bits per heavy atom. The number of nitrogens with one attached hydrogen (secondary N) is 1. The van der Waals surface area contributed by atoms with Gasteiger partial charge in [-0.1, -0.05) is 36.4 Å². The van der Waals surface area contributed by atoms with Crippen LogP contribution in [-0.4, -0.2) is 15.0 Å². The zero-order valence-electron chi connectivity index (χ0n) is 12.4. The molecule has 0 radical (unpaired) electrons. The number of anilines is 1. The molecule has 0 bridgehead atoms. The van der Waals surface area contributed by atoms with Crippen molar-refractivity contribution in [3.8, 4) is 0 Å². The van der Waals surface area contributed by atoms with E-state index in [0.717, 1.165) is 11.6 Å². The molecule has 0 fully saturated rings. The highest BCUT2D eigenvalue weighted by molar-refractivity contribution is 5.74. The first-order valence-corrected chi connectivity index (χ1v) is 7.23. The summed E-state index contributed by atoms with van der Waals surface area (Å²) >= 11 is 0. The summed E-state index contributed by atoms with van der Waals surface area (Å²) in [5.41, 5.74) is 0.822. The van der Waals surface area contributed by atoms with Gasteiger partial charge in [0.05, 0.1) is 11.1 Å². The van der Waals surface area contributed by atoms with Crippen LogP contribution in [0.5, 0.6) is 0 Å². The molecule has 0 amide bonds. The van der Waals surface area contributed by atoms with E-state index in [1.807, 2.05) is 31.2 Å². The fraction of sp³-hybridized carbons (Fsp3) is 0.250. The molecule has 1 atom stereocenters. The third kappa shape index (κ3) is 2.99. The number of nitrogens with zero attached hydrogens (tertiary/aromatic N) is 3. The number of rotatable bonds is 4. The monoisotopic (exact) mass is 320 g/mol. The van der Waals surface area contributed by atoms with Gasteiger partial charge in [-0.2, -0.15) is 13.2 Å². The smallest absolute Gasteiger partial charge is 0.363 e. The SMILES string of the molecule is CCC(Nc1ccccc1C(F)(F)F)n1nnc2ccccc21. The van der Waals surface area contributed by atoms with Crippen LogP contribution in [0.1, 0.15) is 25.1 Å². The molecule has 0 spiro atoms. The van der Waals surface area contributed by atoms with Gasteiger partial charge in [-0.3, -0.25) is 0 Å². The van der Waals surface area contributed by atoms with E-state index < -0.39 is 17.9 Å². The summed E-state index contributed by atoms with van der Waals surface area (Å²) in [5, 5.41) is 11.1. The van der Waals surface area contributed by atoms with Crippen molar-refractivity contribution in [3.63, 3.8) is 0 Å². The van der Waals surface area contributed by atoms with E-state index in [9.17, 15) is 13.2 Å². The van der Waals surface area contributed by atoms with Crippen LogP contribution in [0.15, 0.2) is 48.5 Å². The van der Waals surface area contributed by atoms with Gasteiger partial charge in [0.2, 0.25) is 0 Å². The lowest BCUT2D eigenvalue weighted by Gasteiger charge is -2.21. The average Bonchev–Trinajstić information content (AvgIpc) is 2.96. The second kappa shape index (κ2) is 5.91. The molecule has 120 valence electrons. The van der Waals surface area contributed by atoms with Gasteiger partial charge in [0.1, 0.15) is 11.7 Å². The largest absolute Gasteiger partial charge is 0.418 e. The minimum absolute atomic E-state index is 0.0337. The van der Waals surface area contributed by atoms with Crippen LogP contribution in [0.3, 0.4) is 0 Å². The lowest BCUT2D eigenvalue weighted by molar-refractivity contribution is -0.137. The Bertz CT molecular complexity index is 810. The molecule has 3 rings (SSSR count). The molecule has 23 heavy (non-hydrogen) atoms. The Kier molecular flexibility index (Phi) is 3.94. The Morgan fingerprint density at radius 3 is 2.52 bits per heavy atom. The molecule has 0 aliphatic heterocycles. The summed E-state index contributed by atoms with van der Waals surface area (Å²) in [6.45, 7) is 1.88. The molecular weight excluding hydrogens is 305 g/mol. The van der Waals surface area contributed by atoms with E-state index in [1.165, 1.54) is 12.1 Å². The topological polar surface area (TPSA) is 42.7 Å². The summed E-state index contributed by atoms with van der Waals surface area (Å²) in [6.07, 6.45) is -4.28. The number of alkyl halides is 3. The van der Waals surface area contributed by atoms with Gasteiger partial charge in [0, 0.05) is 5.69 Å². The highest BCUT2D eigenvalue weighted by Gasteiger charge is 2.33. The minimum Gasteiger partial charge on any atom is -0.363 e. The lowest BCUT2D eigenvalue weighted by Crippen LogP contribution is -2.21. The third-order valence-corrected chi connectivity index (χ3v) is 3.61. The molecule has 4 nitrogen and oxygen atoms in total. The minimum atomic E-state index is -4.41. The first-order valence-electron chi connectivity index (χ1n) is 7.23. The second-order valence-corrected chi connectivity index (χ2v) is 5.13.